The summed E-state index contributed by atoms with van der Waals surface area (Å²) in [6.45, 7) is 1.84. The number of nitrogens with zero attached hydrogens (tertiary/aromatic N) is 3. The SMILES string of the molecule is CC(=O)Nc1cccc(Nc2cnc(C(=O)NCc3ccncc3)cn2)c1. The van der Waals surface area contributed by atoms with E-state index in [-0.39, 0.29) is 17.5 Å². The van der Waals surface area contributed by atoms with Crippen molar-refractivity contribution in [2.75, 3.05) is 10.6 Å². The summed E-state index contributed by atoms with van der Waals surface area (Å²) in [5, 5.41) is 8.57. The molecule has 0 unspecified atom stereocenters. The fourth-order valence-corrected chi connectivity index (χ4v) is 2.31. The monoisotopic (exact) mass is 362 g/mol. The van der Waals surface area contributed by atoms with E-state index in [0.29, 0.717) is 18.1 Å². The lowest BCUT2D eigenvalue weighted by Gasteiger charge is -2.08. The van der Waals surface area contributed by atoms with Crippen molar-refractivity contribution in [3.05, 3.63) is 72.4 Å². The Morgan fingerprint density at radius 1 is 1.00 bits per heavy atom. The molecular formula is C19H18N6O2. The van der Waals surface area contributed by atoms with Crippen molar-refractivity contribution < 1.29 is 9.59 Å². The normalized spacial score (nSPS) is 10.1. The van der Waals surface area contributed by atoms with Crippen LogP contribution in [0.15, 0.2) is 61.2 Å². The number of carbonyl (C=O) groups is 2. The lowest BCUT2D eigenvalue weighted by atomic mass is 10.2. The summed E-state index contributed by atoms with van der Waals surface area (Å²) in [5.74, 6) is 0.0354. The van der Waals surface area contributed by atoms with Crippen molar-refractivity contribution in [3.63, 3.8) is 0 Å². The third-order valence-corrected chi connectivity index (χ3v) is 3.54. The smallest absolute Gasteiger partial charge is 0.271 e. The number of hydrogen-bond acceptors (Lipinski definition) is 6. The predicted octanol–water partition coefficient (Wildman–Crippen LogP) is 2.50. The molecule has 0 aliphatic carbocycles. The van der Waals surface area contributed by atoms with Gasteiger partial charge >= 0.3 is 0 Å². The summed E-state index contributed by atoms with van der Waals surface area (Å²) in [5.41, 5.74) is 2.59. The van der Waals surface area contributed by atoms with Gasteiger partial charge in [-0.25, -0.2) is 9.97 Å². The summed E-state index contributed by atoms with van der Waals surface area (Å²) >= 11 is 0. The van der Waals surface area contributed by atoms with Crippen LogP contribution in [0.5, 0.6) is 0 Å². The molecule has 0 spiro atoms. The molecule has 8 nitrogen and oxygen atoms in total. The van der Waals surface area contributed by atoms with Gasteiger partial charge in [0, 0.05) is 37.2 Å². The van der Waals surface area contributed by atoms with Crippen LogP contribution in [0.2, 0.25) is 0 Å². The van der Waals surface area contributed by atoms with Gasteiger partial charge in [-0.05, 0) is 35.9 Å². The molecule has 3 N–H and O–H groups in total. The molecule has 2 amide bonds. The Bertz CT molecular complexity index is 928. The molecule has 3 aromatic rings. The average Bonchev–Trinajstić information content (AvgIpc) is 2.67. The summed E-state index contributed by atoms with van der Waals surface area (Å²) in [4.78, 5) is 35.6. The summed E-state index contributed by atoms with van der Waals surface area (Å²) in [6, 6.07) is 10.9. The highest BCUT2D eigenvalue weighted by molar-refractivity contribution is 5.92. The van der Waals surface area contributed by atoms with Crippen molar-refractivity contribution >= 4 is 29.0 Å². The minimum Gasteiger partial charge on any atom is -0.347 e. The van der Waals surface area contributed by atoms with E-state index in [1.54, 1.807) is 24.5 Å². The van der Waals surface area contributed by atoms with Crippen molar-refractivity contribution in [2.45, 2.75) is 13.5 Å². The molecule has 0 saturated heterocycles. The predicted molar refractivity (Wildman–Crippen MR) is 101 cm³/mol. The number of anilines is 3. The van der Waals surface area contributed by atoms with Crippen LogP contribution in [0.1, 0.15) is 23.0 Å². The zero-order valence-corrected chi connectivity index (χ0v) is 14.6. The van der Waals surface area contributed by atoms with Crippen molar-refractivity contribution in [2.24, 2.45) is 0 Å². The minimum atomic E-state index is -0.307. The van der Waals surface area contributed by atoms with Crippen molar-refractivity contribution in [3.8, 4) is 0 Å². The van der Waals surface area contributed by atoms with Crippen LogP contribution in [0.25, 0.3) is 0 Å². The molecule has 2 aromatic heterocycles. The highest BCUT2D eigenvalue weighted by Crippen LogP contribution is 2.18. The highest BCUT2D eigenvalue weighted by Gasteiger charge is 2.08. The molecule has 0 aliphatic heterocycles. The number of aromatic nitrogens is 3. The summed E-state index contributed by atoms with van der Waals surface area (Å²) < 4.78 is 0. The van der Waals surface area contributed by atoms with Crippen LogP contribution in [0.3, 0.4) is 0 Å². The number of nitrogens with one attached hydrogen (secondary N) is 3. The van der Waals surface area contributed by atoms with Gasteiger partial charge in [-0.3, -0.25) is 14.6 Å². The first-order valence-electron chi connectivity index (χ1n) is 8.24. The Hall–Kier alpha value is -3.81. The van der Waals surface area contributed by atoms with Gasteiger partial charge in [-0.15, -0.1) is 0 Å². The average molecular weight is 362 g/mol. The first-order chi connectivity index (χ1) is 13.1. The van der Waals surface area contributed by atoms with E-state index < -0.39 is 0 Å². The van der Waals surface area contributed by atoms with Crippen molar-refractivity contribution in [1.82, 2.24) is 20.3 Å². The van der Waals surface area contributed by atoms with E-state index in [1.165, 1.54) is 19.3 Å². The minimum absolute atomic E-state index is 0.144. The number of carbonyl (C=O) groups excluding carboxylic acids is 2. The summed E-state index contributed by atoms with van der Waals surface area (Å²) in [7, 11) is 0. The lowest BCUT2D eigenvalue weighted by Crippen LogP contribution is -2.24. The van der Waals surface area contributed by atoms with E-state index in [9.17, 15) is 9.59 Å². The number of benzene rings is 1. The van der Waals surface area contributed by atoms with E-state index in [4.69, 9.17) is 0 Å². The zero-order valence-electron chi connectivity index (χ0n) is 14.6. The molecule has 3 rings (SSSR count). The van der Waals surface area contributed by atoms with Crippen LogP contribution in [-0.4, -0.2) is 26.8 Å². The Morgan fingerprint density at radius 3 is 2.48 bits per heavy atom. The fraction of sp³-hybridized carbons (Fsp3) is 0.105. The zero-order chi connectivity index (χ0) is 19.1. The van der Waals surface area contributed by atoms with Crippen LogP contribution >= 0.6 is 0 Å². The van der Waals surface area contributed by atoms with Crippen LogP contribution in [0, 0.1) is 0 Å². The third kappa shape index (κ3) is 5.33. The first kappa shape index (κ1) is 18.0. The maximum atomic E-state index is 12.1. The van der Waals surface area contributed by atoms with Gasteiger partial charge in [-0.1, -0.05) is 6.07 Å². The number of pyridine rings is 1. The fourth-order valence-electron chi connectivity index (χ4n) is 2.31. The summed E-state index contributed by atoms with van der Waals surface area (Å²) in [6.07, 6.45) is 6.22. The molecule has 0 atom stereocenters. The molecule has 8 heteroatoms. The largest absolute Gasteiger partial charge is 0.347 e. The second kappa shape index (κ2) is 8.52. The topological polar surface area (TPSA) is 109 Å². The molecule has 2 heterocycles. The number of rotatable bonds is 6. The van der Waals surface area contributed by atoms with Crippen LogP contribution < -0.4 is 16.0 Å². The first-order valence-corrected chi connectivity index (χ1v) is 8.24. The maximum absolute atomic E-state index is 12.1. The quantitative estimate of drug-likeness (QED) is 0.622. The second-order valence-corrected chi connectivity index (χ2v) is 5.71. The van der Waals surface area contributed by atoms with E-state index >= 15 is 0 Å². The number of amides is 2. The Kier molecular flexibility index (Phi) is 5.68. The lowest BCUT2D eigenvalue weighted by molar-refractivity contribution is -0.114. The molecule has 0 fully saturated rings. The third-order valence-electron chi connectivity index (χ3n) is 3.54. The van der Waals surface area contributed by atoms with Gasteiger partial charge in [0.15, 0.2) is 0 Å². The van der Waals surface area contributed by atoms with E-state index in [1.807, 2.05) is 24.3 Å². The number of hydrogen-bond donors (Lipinski definition) is 3. The Balaban J connectivity index is 1.60. The second-order valence-electron chi connectivity index (χ2n) is 5.71. The van der Waals surface area contributed by atoms with Crippen molar-refractivity contribution in [1.29, 1.82) is 0 Å². The molecule has 136 valence electrons. The van der Waals surface area contributed by atoms with Crippen LogP contribution in [-0.2, 0) is 11.3 Å². The molecule has 1 aromatic carbocycles. The van der Waals surface area contributed by atoms with E-state index in [0.717, 1.165) is 11.3 Å². The van der Waals surface area contributed by atoms with Gasteiger partial charge in [-0.2, -0.15) is 0 Å². The van der Waals surface area contributed by atoms with Gasteiger partial charge in [0.25, 0.3) is 5.91 Å². The molecule has 0 aliphatic rings. The standard InChI is InChI=1S/C19H18N6O2/c1-13(26)24-15-3-2-4-16(9-15)25-18-12-21-17(11-22-18)19(27)23-10-14-5-7-20-8-6-14/h2-9,11-12H,10H2,1H3,(H,22,25)(H,23,27)(H,24,26). The molecule has 0 saturated carbocycles. The Labute approximate surface area is 156 Å². The van der Waals surface area contributed by atoms with Crippen LogP contribution in [0.4, 0.5) is 17.2 Å². The Morgan fingerprint density at radius 2 is 1.78 bits per heavy atom. The van der Waals surface area contributed by atoms with E-state index in [2.05, 4.69) is 30.9 Å². The molecule has 0 bridgehead atoms. The maximum Gasteiger partial charge on any atom is 0.271 e. The highest BCUT2D eigenvalue weighted by atomic mass is 16.2. The van der Waals surface area contributed by atoms with Gasteiger partial charge in [0.1, 0.15) is 11.5 Å². The molecule has 0 radical (unpaired) electrons. The molecular weight excluding hydrogens is 344 g/mol. The van der Waals surface area contributed by atoms with Gasteiger partial charge in [0.2, 0.25) is 5.91 Å². The molecule has 27 heavy (non-hydrogen) atoms. The van der Waals surface area contributed by atoms with Gasteiger partial charge in [0.05, 0.1) is 12.4 Å². The van der Waals surface area contributed by atoms with Gasteiger partial charge < -0.3 is 16.0 Å².